The second-order valence-corrected chi connectivity index (χ2v) is 5.09. The minimum Gasteiger partial charge on any atom is -0.396 e. The van der Waals surface area contributed by atoms with Crippen LogP contribution in [0.15, 0.2) is 24.3 Å². The van der Waals surface area contributed by atoms with E-state index in [1.165, 1.54) is 5.56 Å². The highest BCUT2D eigenvalue weighted by Crippen LogP contribution is 2.20. The van der Waals surface area contributed by atoms with Crippen molar-refractivity contribution in [3.8, 4) is 0 Å². The normalized spacial score (nSPS) is 14.8. The van der Waals surface area contributed by atoms with Crippen LogP contribution < -0.4 is 5.32 Å². The molecule has 3 heteroatoms. The van der Waals surface area contributed by atoms with Crippen molar-refractivity contribution >= 4 is 0 Å². The highest BCUT2D eigenvalue weighted by Gasteiger charge is 2.15. The summed E-state index contributed by atoms with van der Waals surface area (Å²) in [5, 5.41) is 22.1. The SMILES string of the molecule is CC(C)c1ccc(C(O)C(C)NCCCO)cc1. The fourth-order valence-corrected chi connectivity index (χ4v) is 1.89. The fraction of sp³-hybridized carbons (Fsp3) is 0.600. The molecule has 0 radical (unpaired) electrons. The third-order valence-electron chi connectivity index (χ3n) is 3.22. The minimum absolute atomic E-state index is 0.0125. The van der Waals surface area contributed by atoms with Crippen LogP contribution in [0.3, 0.4) is 0 Å². The molecule has 0 bridgehead atoms. The van der Waals surface area contributed by atoms with E-state index in [9.17, 15) is 5.11 Å². The van der Waals surface area contributed by atoms with Gasteiger partial charge in [0.25, 0.3) is 0 Å². The maximum atomic E-state index is 10.2. The van der Waals surface area contributed by atoms with Crippen LogP contribution in [0.4, 0.5) is 0 Å². The Morgan fingerprint density at radius 2 is 1.61 bits per heavy atom. The zero-order valence-corrected chi connectivity index (χ0v) is 11.6. The number of aliphatic hydroxyl groups is 2. The van der Waals surface area contributed by atoms with Crippen LogP contribution in [0.5, 0.6) is 0 Å². The summed E-state index contributed by atoms with van der Waals surface area (Å²) in [4.78, 5) is 0. The highest BCUT2D eigenvalue weighted by molar-refractivity contribution is 5.26. The first-order chi connectivity index (χ1) is 8.56. The van der Waals surface area contributed by atoms with Crippen molar-refractivity contribution in [3.63, 3.8) is 0 Å². The number of nitrogens with one attached hydrogen (secondary N) is 1. The van der Waals surface area contributed by atoms with E-state index in [1.807, 2.05) is 19.1 Å². The van der Waals surface area contributed by atoms with Gasteiger partial charge in [-0.3, -0.25) is 0 Å². The van der Waals surface area contributed by atoms with Crippen LogP contribution >= 0.6 is 0 Å². The molecule has 0 aliphatic heterocycles. The van der Waals surface area contributed by atoms with E-state index in [1.54, 1.807) is 0 Å². The van der Waals surface area contributed by atoms with E-state index >= 15 is 0 Å². The Hall–Kier alpha value is -0.900. The van der Waals surface area contributed by atoms with Crippen LogP contribution in [-0.4, -0.2) is 29.4 Å². The number of rotatable bonds is 7. The molecule has 1 aromatic rings. The molecule has 2 unspecified atom stereocenters. The van der Waals surface area contributed by atoms with Crippen LogP contribution in [0, 0.1) is 0 Å². The Labute approximate surface area is 110 Å². The summed E-state index contributed by atoms with van der Waals surface area (Å²) < 4.78 is 0. The molecule has 3 nitrogen and oxygen atoms in total. The molecule has 0 aliphatic rings. The third-order valence-corrected chi connectivity index (χ3v) is 3.22. The van der Waals surface area contributed by atoms with Crippen molar-refractivity contribution in [2.75, 3.05) is 13.2 Å². The Morgan fingerprint density at radius 1 is 1.06 bits per heavy atom. The molecule has 0 aromatic heterocycles. The molecular formula is C15H25NO2. The smallest absolute Gasteiger partial charge is 0.0940 e. The lowest BCUT2D eigenvalue weighted by molar-refractivity contribution is 0.134. The second-order valence-electron chi connectivity index (χ2n) is 5.09. The lowest BCUT2D eigenvalue weighted by atomic mass is 9.98. The summed E-state index contributed by atoms with van der Waals surface area (Å²) in [7, 11) is 0. The standard InChI is InChI=1S/C15H25NO2/c1-11(2)13-5-7-14(8-6-13)15(18)12(3)16-9-4-10-17/h5-8,11-12,15-18H,4,9-10H2,1-3H3. The molecule has 2 atom stereocenters. The number of hydrogen-bond donors (Lipinski definition) is 3. The molecule has 0 heterocycles. The first-order valence-corrected chi connectivity index (χ1v) is 6.68. The van der Waals surface area contributed by atoms with Gasteiger partial charge >= 0.3 is 0 Å². The van der Waals surface area contributed by atoms with E-state index in [4.69, 9.17) is 5.11 Å². The lowest BCUT2D eigenvalue weighted by Gasteiger charge is -2.21. The second kappa shape index (κ2) is 7.52. The summed E-state index contributed by atoms with van der Waals surface area (Å²) in [5.41, 5.74) is 2.22. The number of benzene rings is 1. The van der Waals surface area contributed by atoms with Crippen molar-refractivity contribution in [3.05, 3.63) is 35.4 Å². The van der Waals surface area contributed by atoms with Gasteiger partial charge in [-0.05, 0) is 36.9 Å². The van der Waals surface area contributed by atoms with Gasteiger partial charge in [0.05, 0.1) is 6.10 Å². The first kappa shape index (κ1) is 15.2. The van der Waals surface area contributed by atoms with E-state index in [0.29, 0.717) is 12.3 Å². The van der Waals surface area contributed by atoms with Crippen LogP contribution in [0.25, 0.3) is 0 Å². The molecule has 1 aromatic carbocycles. The number of hydrogen-bond acceptors (Lipinski definition) is 3. The topological polar surface area (TPSA) is 52.5 Å². The molecule has 1 rings (SSSR count). The van der Waals surface area contributed by atoms with E-state index in [-0.39, 0.29) is 12.6 Å². The zero-order valence-electron chi connectivity index (χ0n) is 11.6. The molecule has 3 N–H and O–H groups in total. The molecule has 18 heavy (non-hydrogen) atoms. The third kappa shape index (κ3) is 4.41. The van der Waals surface area contributed by atoms with Gasteiger partial charge in [0.1, 0.15) is 0 Å². The Bertz CT molecular complexity index is 335. The summed E-state index contributed by atoms with van der Waals surface area (Å²) in [6.07, 6.45) is 0.202. The molecule has 0 spiro atoms. The van der Waals surface area contributed by atoms with Gasteiger partial charge in [0, 0.05) is 12.6 Å². The van der Waals surface area contributed by atoms with Crippen LogP contribution in [0.1, 0.15) is 50.3 Å². The summed E-state index contributed by atoms with van der Waals surface area (Å²) >= 11 is 0. The van der Waals surface area contributed by atoms with Crippen molar-refractivity contribution in [2.45, 2.75) is 45.3 Å². The summed E-state index contributed by atoms with van der Waals surface area (Å²) in [5.74, 6) is 0.510. The van der Waals surface area contributed by atoms with Crippen molar-refractivity contribution in [2.24, 2.45) is 0 Å². The summed E-state index contributed by atoms with van der Waals surface area (Å²) in [6.45, 7) is 7.17. The average molecular weight is 251 g/mol. The average Bonchev–Trinajstić information content (AvgIpc) is 2.38. The molecule has 0 aliphatic carbocycles. The maximum Gasteiger partial charge on any atom is 0.0940 e. The zero-order chi connectivity index (χ0) is 13.5. The molecule has 0 saturated carbocycles. The van der Waals surface area contributed by atoms with E-state index in [2.05, 4.69) is 31.3 Å². The largest absolute Gasteiger partial charge is 0.396 e. The fourth-order valence-electron chi connectivity index (χ4n) is 1.89. The van der Waals surface area contributed by atoms with Crippen LogP contribution in [0.2, 0.25) is 0 Å². The lowest BCUT2D eigenvalue weighted by Crippen LogP contribution is -2.33. The van der Waals surface area contributed by atoms with Gasteiger partial charge in [-0.15, -0.1) is 0 Å². The quantitative estimate of drug-likeness (QED) is 0.651. The van der Waals surface area contributed by atoms with Gasteiger partial charge in [-0.1, -0.05) is 38.1 Å². The van der Waals surface area contributed by atoms with Crippen molar-refractivity contribution < 1.29 is 10.2 Å². The van der Waals surface area contributed by atoms with Gasteiger partial charge < -0.3 is 15.5 Å². The van der Waals surface area contributed by atoms with E-state index in [0.717, 1.165) is 12.1 Å². The molecular weight excluding hydrogens is 226 g/mol. The Morgan fingerprint density at radius 3 is 2.11 bits per heavy atom. The van der Waals surface area contributed by atoms with Crippen molar-refractivity contribution in [1.82, 2.24) is 5.32 Å². The van der Waals surface area contributed by atoms with Gasteiger partial charge in [0.2, 0.25) is 0 Å². The molecule has 0 saturated heterocycles. The molecule has 0 fully saturated rings. The minimum atomic E-state index is -0.509. The van der Waals surface area contributed by atoms with E-state index < -0.39 is 6.10 Å². The Balaban J connectivity index is 2.57. The predicted octanol–water partition coefficient (Wildman–Crippen LogP) is 2.20. The Kier molecular flexibility index (Phi) is 6.33. The molecule has 0 amide bonds. The maximum absolute atomic E-state index is 10.2. The van der Waals surface area contributed by atoms with Crippen LogP contribution in [-0.2, 0) is 0 Å². The highest BCUT2D eigenvalue weighted by atomic mass is 16.3. The predicted molar refractivity (Wildman–Crippen MR) is 74.7 cm³/mol. The van der Waals surface area contributed by atoms with Gasteiger partial charge in [-0.2, -0.15) is 0 Å². The summed E-state index contributed by atoms with van der Waals surface area (Å²) in [6, 6.07) is 8.11. The van der Waals surface area contributed by atoms with Gasteiger partial charge in [0.15, 0.2) is 0 Å². The van der Waals surface area contributed by atoms with Crippen molar-refractivity contribution in [1.29, 1.82) is 0 Å². The number of aliphatic hydroxyl groups excluding tert-OH is 2. The first-order valence-electron chi connectivity index (χ1n) is 6.68. The molecule has 102 valence electrons. The van der Waals surface area contributed by atoms with Gasteiger partial charge in [-0.25, -0.2) is 0 Å². The monoisotopic (exact) mass is 251 g/mol.